The van der Waals surface area contributed by atoms with Crippen LogP contribution in [0.1, 0.15) is 37.9 Å². The van der Waals surface area contributed by atoms with Gasteiger partial charge in [0.2, 0.25) is 0 Å². The highest BCUT2D eigenvalue weighted by Crippen LogP contribution is 2.18. The number of piperidine rings is 1. The molecule has 2 aliphatic rings. The van der Waals surface area contributed by atoms with Crippen molar-refractivity contribution in [1.82, 2.24) is 10.2 Å². The summed E-state index contributed by atoms with van der Waals surface area (Å²) in [5, 5.41) is 3.38. The van der Waals surface area contributed by atoms with E-state index in [0.717, 1.165) is 70.3 Å². The van der Waals surface area contributed by atoms with Gasteiger partial charge in [-0.25, -0.2) is 0 Å². The zero-order valence-corrected chi connectivity index (χ0v) is 19.0. The molecule has 28 heavy (non-hydrogen) atoms. The fourth-order valence-corrected chi connectivity index (χ4v) is 3.57. The van der Waals surface area contributed by atoms with Crippen LogP contribution in [0.5, 0.6) is 0 Å². The summed E-state index contributed by atoms with van der Waals surface area (Å²) in [6.07, 6.45) is 10.7. The van der Waals surface area contributed by atoms with Crippen LogP contribution >= 0.6 is 24.0 Å². The van der Waals surface area contributed by atoms with Crippen molar-refractivity contribution in [3.05, 3.63) is 36.8 Å². The monoisotopic (exact) mass is 503 g/mol. The summed E-state index contributed by atoms with van der Waals surface area (Å²) in [5.74, 6) is 1.93. The summed E-state index contributed by atoms with van der Waals surface area (Å²) in [4.78, 5) is 7.09. The second-order valence-corrected chi connectivity index (χ2v) is 7.21. The van der Waals surface area contributed by atoms with E-state index < -0.39 is 0 Å². The summed E-state index contributed by atoms with van der Waals surface area (Å²) >= 11 is 0. The molecule has 0 aliphatic carbocycles. The molecule has 0 aromatic carbocycles. The number of furan rings is 1. The van der Waals surface area contributed by atoms with Crippen molar-refractivity contribution in [2.45, 2.75) is 50.7 Å². The number of hydrogen-bond acceptors (Lipinski definition) is 4. The van der Waals surface area contributed by atoms with Crippen molar-refractivity contribution in [2.75, 3.05) is 39.4 Å². The number of aliphatic imine (C=N–C) groups is 1. The minimum Gasteiger partial charge on any atom is -0.469 e. The molecule has 1 atom stereocenters. The molecule has 0 radical (unpaired) electrons. The van der Waals surface area contributed by atoms with Crippen LogP contribution in [0.15, 0.2) is 40.5 Å². The third-order valence-electron chi connectivity index (χ3n) is 5.14. The molecule has 2 fully saturated rings. The van der Waals surface area contributed by atoms with Crippen molar-refractivity contribution in [2.24, 2.45) is 4.99 Å². The maximum atomic E-state index is 6.12. The van der Waals surface area contributed by atoms with Crippen molar-refractivity contribution in [1.29, 1.82) is 0 Å². The normalized spacial score (nSPS) is 21.2. The van der Waals surface area contributed by atoms with E-state index in [4.69, 9.17) is 18.9 Å². The zero-order valence-electron chi connectivity index (χ0n) is 16.7. The maximum Gasteiger partial charge on any atom is 0.194 e. The van der Waals surface area contributed by atoms with E-state index in [1.807, 2.05) is 18.2 Å². The van der Waals surface area contributed by atoms with Crippen LogP contribution < -0.4 is 5.32 Å². The van der Waals surface area contributed by atoms with Gasteiger partial charge in [0, 0.05) is 39.2 Å². The molecule has 1 N–H and O–H groups in total. The van der Waals surface area contributed by atoms with Crippen LogP contribution in [0.3, 0.4) is 0 Å². The van der Waals surface area contributed by atoms with Gasteiger partial charge in [-0.2, -0.15) is 0 Å². The SMILES string of the molecule is C=CCNC(=NCCc1ccco1)N1CCC(OCC2CCCCO2)CC1.I. The molecular formula is C21H34IN3O3. The van der Waals surface area contributed by atoms with E-state index in [9.17, 15) is 0 Å². The second-order valence-electron chi connectivity index (χ2n) is 7.21. The number of nitrogens with zero attached hydrogens (tertiary/aromatic N) is 2. The summed E-state index contributed by atoms with van der Waals surface area (Å²) in [5.41, 5.74) is 0. The number of nitrogens with one attached hydrogen (secondary N) is 1. The highest BCUT2D eigenvalue weighted by Gasteiger charge is 2.23. The predicted molar refractivity (Wildman–Crippen MR) is 122 cm³/mol. The molecule has 2 aliphatic heterocycles. The van der Waals surface area contributed by atoms with Gasteiger partial charge in [0.25, 0.3) is 0 Å². The van der Waals surface area contributed by atoms with Crippen molar-refractivity contribution in [3.63, 3.8) is 0 Å². The Bertz CT molecular complexity index is 565. The zero-order chi connectivity index (χ0) is 18.7. The minimum absolute atomic E-state index is 0. The first kappa shape index (κ1) is 23.2. The molecule has 1 unspecified atom stereocenters. The first-order chi connectivity index (χ1) is 13.3. The number of ether oxygens (including phenoxy) is 2. The van der Waals surface area contributed by atoms with Gasteiger partial charge < -0.3 is 24.1 Å². The van der Waals surface area contributed by atoms with Crippen molar-refractivity contribution in [3.8, 4) is 0 Å². The molecule has 1 aromatic rings. The third kappa shape index (κ3) is 7.75. The van der Waals surface area contributed by atoms with Gasteiger partial charge in [-0.05, 0) is 44.2 Å². The Kier molecular flexibility index (Phi) is 11.0. The molecule has 0 spiro atoms. The van der Waals surface area contributed by atoms with Gasteiger partial charge >= 0.3 is 0 Å². The second kappa shape index (κ2) is 13.2. The molecule has 158 valence electrons. The largest absolute Gasteiger partial charge is 0.469 e. The number of rotatable bonds is 8. The Morgan fingerprint density at radius 1 is 1.32 bits per heavy atom. The van der Waals surface area contributed by atoms with E-state index in [0.29, 0.717) is 18.8 Å². The number of hydrogen-bond donors (Lipinski definition) is 1. The molecule has 6 nitrogen and oxygen atoms in total. The maximum absolute atomic E-state index is 6.12. The van der Waals surface area contributed by atoms with Crippen molar-refractivity contribution < 1.29 is 13.9 Å². The lowest BCUT2D eigenvalue weighted by molar-refractivity contribution is -0.0721. The molecule has 0 saturated carbocycles. The van der Waals surface area contributed by atoms with Gasteiger partial charge in [-0.1, -0.05) is 6.08 Å². The van der Waals surface area contributed by atoms with Gasteiger partial charge in [0.05, 0.1) is 25.1 Å². The molecule has 2 saturated heterocycles. The minimum atomic E-state index is 0. The summed E-state index contributed by atoms with van der Waals surface area (Å²) in [6, 6.07) is 3.91. The van der Waals surface area contributed by atoms with Crippen LogP contribution in [0, 0.1) is 0 Å². The van der Waals surface area contributed by atoms with Gasteiger partial charge in [-0.3, -0.25) is 4.99 Å². The lowest BCUT2D eigenvalue weighted by Crippen LogP contribution is -2.47. The first-order valence-corrected chi connectivity index (χ1v) is 10.2. The van der Waals surface area contributed by atoms with Crippen LogP contribution in [-0.2, 0) is 15.9 Å². The molecule has 0 amide bonds. The average Bonchev–Trinajstić information content (AvgIpc) is 3.24. The topological polar surface area (TPSA) is 59.2 Å². The fraction of sp³-hybridized carbons (Fsp3) is 0.667. The molecule has 3 heterocycles. The number of halogens is 1. The van der Waals surface area contributed by atoms with E-state index in [1.54, 1.807) is 6.26 Å². The van der Waals surface area contributed by atoms with Gasteiger partial charge in [0.15, 0.2) is 5.96 Å². The van der Waals surface area contributed by atoms with E-state index >= 15 is 0 Å². The predicted octanol–water partition coefficient (Wildman–Crippen LogP) is 3.62. The number of guanidine groups is 1. The summed E-state index contributed by atoms with van der Waals surface area (Å²) < 4.78 is 17.3. The molecular weight excluding hydrogens is 469 g/mol. The highest BCUT2D eigenvalue weighted by atomic mass is 127. The Hall–Kier alpha value is -1.06. The van der Waals surface area contributed by atoms with Crippen LogP contribution in [0.25, 0.3) is 0 Å². The molecule has 0 bridgehead atoms. The average molecular weight is 503 g/mol. The third-order valence-corrected chi connectivity index (χ3v) is 5.14. The summed E-state index contributed by atoms with van der Waals surface area (Å²) in [6.45, 7) is 8.77. The number of likely N-dealkylation sites (tertiary alicyclic amines) is 1. The van der Waals surface area contributed by atoms with Crippen molar-refractivity contribution >= 4 is 29.9 Å². The Balaban J connectivity index is 0.00000280. The van der Waals surface area contributed by atoms with Crippen LogP contribution in [0.4, 0.5) is 0 Å². The summed E-state index contributed by atoms with van der Waals surface area (Å²) in [7, 11) is 0. The van der Waals surface area contributed by atoms with Crippen LogP contribution in [-0.4, -0.2) is 62.5 Å². The Morgan fingerprint density at radius 3 is 2.86 bits per heavy atom. The fourth-order valence-electron chi connectivity index (χ4n) is 3.57. The molecule has 1 aromatic heterocycles. The molecule has 3 rings (SSSR count). The van der Waals surface area contributed by atoms with E-state index in [1.165, 1.54) is 12.8 Å². The van der Waals surface area contributed by atoms with Crippen LogP contribution in [0.2, 0.25) is 0 Å². The quantitative estimate of drug-likeness (QED) is 0.254. The van der Waals surface area contributed by atoms with Gasteiger partial charge in [-0.15, -0.1) is 30.6 Å². The van der Waals surface area contributed by atoms with Gasteiger partial charge in [0.1, 0.15) is 5.76 Å². The highest BCUT2D eigenvalue weighted by molar-refractivity contribution is 14.0. The standard InChI is InChI=1S/C21H33N3O3.HI/c1-2-11-22-21(23-12-8-18-7-5-16-25-18)24-13-9-19(10-14-24)27-17-20-6-3-4-15-26-20;/h2,5,7,16,19-20H,1,3-4,6,8-15,17H2,(H,22,23);1H. The Labute approximate surface area is 185 Å². The molecule has 7 heteroatoms. The lowest BCUT2D eigenvalue weighted by Gasteiger charge is -2.35. The van der Waals surface area contributed by atoms with E-state index in [2.05, 4.69) is 16.8 Å². The Morgan fingerprint density at radius 2 is 2.18 bits per heavy atom. The van der Waals surface area contributed by atoms with E-state index in [-0.39, 0.29) is 24.0 Å². The smallest absolute Gasteiger partial charge is 0.194 e. The first-order valence-electron chi connectivity index (χ1n) is 10.2. The lowest BCUT2D eigenvalue weighted by atomic mass is 10.1.